The van der Waals surface area contributed by atoms with Crippen molar-refractivity contribution in [2.75, 3.05) is 12.0 Å². The third-order valence-corrected chi connectivity index (χ3v) is 4.24. The summed E-state index contributed by atoms with van der Waals surface area (Å²) in [5, 5.41) is 4.82. The molecule has 0 unspecified atom stereocenters. The lowest BCUT2D eigenvalue weighted by molar-refractivity contribution is 0.586. The number of hydrogen-bond acceptors (Lipinski definition) is 6. The lowest BCUT2D eigenvalue weighted by atomic mass is 10.2. The van der Waals surface area contributed by atoms with Gasteiger partial charge in [0.2, 0.25) is 11.1 Å². The van der Waals surface area contributed by atoms with E-state index in [1.54, 1.807) is 12.1 Å². The zero-order valence-corrected chi connectivity index (χ0v) is 12.3. The fraction of sp³-hybridized carbons (Fsp3) is 0.200. The van der Waals surface area contributed by atoms with Crippen molar-refractivity contribution in [3.05, 3.63) is 34.9 Å². The van der Waals surface area contributed by atoms with E-state index in [0.29, 0.717) is 15.9 Å². The van der Waals surface area contributed by atoms with Crippen LogP contribution in [0.4, 0.5) is 5.95 Å². The molecule has 102 valence electrons. The highest BCUT2D eigenvalue weighted by molar-refractivity contribution is 7.98. The molecule has 0 aliphatic carbocycles. The van der Waals surface area contributed by atoms with Crippen molar-refractivity contribution in [2.24, 2.45) is 0 Å². The maximum atomic E-state index is 11.3. The summed E-state index contributed by atoms with van der Waals surface area (Å²) in [5.41, 5.74) is 6.53. The molecule has 19 heavy (non-hydrogen) atoms. The minimum atomic E-state index is -3.51. The molecule has 2 rings (SSSR count). The highest BCUT2D eigenvalue weighted by Crippen LogP contribution is 2.21. The van der Waals surface area contributed by atoms with Crippen molar-refractivity contribution in [1.29, 1.82) is 0 Å². The zero-order chi connectivity index (χ0) is 14.0. The molecule has 0 aliphatic rings. The van der Waals surface area contributed by atoms with Crippen molar-refractivity contribution in [2.45, 2.75) is 10.9 Å². The van der Waals surface area contributed by atoms with Crippen LogP contribution in [0.1, 0.15) is 5.56 Å². The predicted molar refractivity (Wildman–Crippen MR) is 75.7 cm³/mol. The molecule has 0 aliphatic heterocycles. The Hall–Kier alpha value is -1.25. The first kappa shape index (κ1) is 14.2. The van der Waals surface area contributed by atoms with Crippen LogP contribution in [0.5, 0.6) is 0 Å². The number of rotatable bonds is 4. The van der Waals surface area contributed by atoms with Crippen LogP contribution in [-0.4, -0.2) is 28.8 Å². The second kappa shape index (κ2) is 5.40. The number of nitrogens with two attached hydrogens (primary N) is 1. The maximum absolute atomic E-state index is 11.3. The van der Waals surface area contributed by atoms with Crippen molar-refractivity contribution in [3.63, 3.8) is 0 Å². The monoisotopic (exact) mass is 318 g/mol. The van der Waals surface area contributed by atoms with Crippen LogP contribution in [0.15, 0.2) is 29.4 Å². The first-order valence-electron chi connectivity index (χ1n) is 5.16. The van der Waals surface area contributed by atoms with Gasteiger partial charge in [-0.05, 0) is 17.7 Å². The van der Waals surface area contributed by atoms with Gasteiger partial charge in [0.15, 0.2) is 0 Å². The Bertz CT molecular complexity index is 682. The van der Waals surface area contributed by atoms with Crippen LogP contribution in [0.2, 0.25) is 5.02 Å². The summed E-state index contributed by atoms with van der Waals surface area (Å²) in [7, 11) is -3.51. The second-order valence-electron chi connectivity index (χ2n) is 3.77. The van der Waals surface area contributed by atoms with E-state index in [0.717, 1.165) is 15.9 Å². The Balaban J connectivity index is 2.10. The molecule has 0 saturated carbocycles. The largest absolute Gasteiger partial charge is 0.367 e. The summed E-state index contributed by atoms with van der Waals surface area (Å²) in [6.45, 7) is 0. The first-order valence-corrected chi connectivity index (χ1v) is 8.38. The summed E-state index contributed by atoms with van der Waals surface area (Å²) >= 11 is 7.08. The number of hydrogen-bond donors (Lipinski definition) is 1. The zero-order valence-electron chi connectivity index (χ0n) is 9.95. The van der Waals surface area contributed by atoms with Gasteiger partial charge in [-0.1, -0.05) is 35.5 Å². The minimum absolute atomic E-state index is 0.138. The summed E-state index contributed by atoms with van der Waals surface area (Å²) in [6.07, 6.45) is 1.02. The van der Waals surface area contributed by atoms with Crippen molar-refractivity contribution >= 4 is 39.3 Å². The Morgan fingerprint density at radius 1 is 1.37 bits per heavy atom. The van der Waals surface area contributed by atoms with Crippen LogP contribution >= 0.6 is 23.4 Å². The molecule has 0 radical (unpaired) electrons. The van der Waals surface area contributed by atoms with Gasteiger partial charge in [0, 0.05) is 10.8 Å². The molecule has 0 spiro atoms. The number of nitrogen functional groups attached to an aromatic ring is 1. The molecule has 0 amide bonds. The molecule has 0 fully saturated rings. The smallest absolute Gasteiger partial charge is 0.254 e. The molecule has 0 saturated heterocycles. The van der Waals surface area contributed by atoms with E-state index in [4.69, 9.17) is 17.3 Å². The summed E-state index contributed by atoms with van der Waals surface area (Å²) < 4.78 is 23.4. The molecule has 0 atom stereocenters. The second-order valence-corrected chi connectivity index (χ2v) is 6.96. The molecular formula is C10H11ClN4O2S2. The summed E-state index contributed by atoms with van der Waals surface area (Å²) in [4.78, 5) is 3.90. The summed E-state index contributed by atoms with van der Waals surface area (Å²) in [5.74, 6) is 0.464. The lowest BCUT2D eigenvalue weighted by Crippen LogP contribution is -2.14. The molecule has 9 heteroatoms. The van der Waals surface area contributed by atoms with Crippen molar-refractivity contribution in [3.8, 4) is 0 Å². The highest BCUT2D eigenvalue weighted by atomic mass is 35.5. The molecule has 2 aromatic rings. The van der Waals surface area contributed by atoms with Gasteiger partial charge in [0.05, 0.1) is 6.26 Å². The first-order chi connectivity index (χ1) is 8.86. The lowest BCUT2D eigenvalue weighted by Gasteiger charge is -1.98. The number of anilines is 1. The number of nitrogens with zero attached hydrogens (tertiary/aromatic N) is 3. The maximum Gasteiger partial charge on any atom is 0.254 e. The molecular weight excluding hydrogens is 308 g/mol. The Morgan fingerprint density at radius 3 is 2.53 bits per heavy atom. The topological polar surface area (TPSA) is 90.9 Å². The van der Waals surface area contributed by atoms with Gasteiger partial charge < -0.3 is 5.73 Å². The van der Waals surface area contributed by atoms with Gasteiger partial charge >= 0.3 is 0 Å². The van der Waals surface area contributed by atoms with Crippen molar-refractivity contribution < 1.29 is 8.42 Å². The van der Waals surface area contributed by atoms with Gasteiger partial charge in [-0.3, -0.25) is 0 Å². The van der Waals surface area contributed by atoms with Gasteiger partial charge in [-0.25, -0.2) is 8.42 Å². The molecule has 1 heterocycles. The average molecular weight is 319 g/mol. The number of aromatic nitrogens is 3. The van der Waals surface area contributed by atoms with E-state index >= 15 is 0 Å². The van der Waals surface area contributed by atoms with Gasteiger partial charge in [0.1, 0.15) is 0 Å². The Morgan fingerprint density at radius 2 is 2.00 bits per heavy atom. The minimum Gasteiger partial charge on any atom is -0.367 e. The van der Waals surface area contributed by atoms with Crippen LogP contribution in [0.3, 0.4) is 0 Å². The van der Waals surface area contributed by atoms with Gasteiger partial charge in [0.25, 0.3) is 10.0 Å². The Labute approximate surface area is 120 Å². The third kappa shape index (κ3) is 3.62. The number of halogens is 1. The van der Waals surface area contributed by atoms with E-state index in [1.165, 1.54) is 11.8 Å². The molecule has 2 N–H and O–H groups in total. The molecule has 1 aromatic carbocycles. The summed E-state index contributed by atoms with van der Waals surface area (Å²) in [6, 6.07) is 7.33. The van der Waals surface area contributed by atoms with Crippen molar-refractivity contribution in [1.82, 2.24) is 14.2 Å². The standard InChI is InChI=1S/C10H11ClN4O2S2/c1-19(16,17)15-9(12)13-10(14-15)18-6-7-2-4-8(11)5-3-7/h2-5H,6H2,1H3,(H2,12,13,14). The molecule has 6 nitrogen and oxygen atoms in total. The van der Waals surface area contributed by atoms with Gasteiger partial charge in [-0.2, -0.15) is 4.98 Å². The quantitative estimate of drug-likeness (QED) is 0.861. The van der Waals surface area contributed by atoms with Crippen LogP contribution in [0.25, 0.3) is 0 Å². The molecule has 0 bridgehead atoms. The van der Waals surface area contributed by atoms with E-state index < -0.39 is 10.0 Å². The Kier molecular flexibility index (Phi) is 4.02. The average Bonchev–Trinajstić information content (AvgIpc) is 2.70. The number of benzene rings is 1. The van der Waals surface area contributed by atoms with E-state index in [9.17, 15) is 8.42 Å². The van der Waals surface area contributed by atoms with E-state index in [1.807, 2.05) is 12.1 Å². The SMILES string of the molecule is CS(=O)(=O)n1nc(SCc2ccc(Cl)cc2)nc1N. The number of thioether (sulfide) groups is 1. The molecule has 1 aromatic heterocycles. The van der Waals surface area contributed by atoms with Crippen LogP contribution < -0.4 is 5.73 Å². The van der Waals surface area contributed by atoms with Crippen LogP contribution in [0, 0.1) is 0 Å². The highest BCUT2D eigenvalue weighted by Gasteiger charge is 2.15. The predicted octanol–water partition coefficient (Wildman–Crippen LogP) is 1.61. The third-order valence-electron chi connectivity index (χ3n) is 2.18. The fourth-order valence-electron chi connectivity index (χ4n) is 1.33. The normalized spacial score (nSPS) is 11.7. The van der Waals surface area contributed by atoms with E-state index in [2.05, 4.69) is 10.1 Å². The van der Waals surface area contributed by atoms with Crippen LogP contribution in [-0.2, 0) is 15.8 Å². The van der Waals surface area contributed by atoms with E-state index in [-0.39, 0.29) is 5.95 Å². The fourth-order valence-corrected chi connectivity index (χ4v) is 2.90. The van der Waals surface area contributed by atoms with Gasteiger partial charge in [-0.15, -0.1) is 9.19 Å².